The van der Waals surface area contributed by atoms with Gasteiger partial charge in [0.05, 0.1) is 24.1 Å². The zero-order valence-corrected chi connectivity index (χ0v) is 15.3. The molecule has 2 aliphatic rings. The molecule has 0 aliphatic carbocycles. The fraction of sp³-hybridized carbons (Fsp3) is 0.684. The lowest BCUT2D eigenvalue weighted by molar-refractivity contribution is -0.143. The Morgan fingerprint density at radius 3 is 2.80 bits per heavy atom. The molecule has 6 heteroatoms. The van der Waals surface area contributed by atoms with Crippen molar-refractivity contribution in [3.05, 3.63) is 23.8 Å². The van der Waals surface area contributed by atoms with Gasteiger partial charge >= 0.3 is 0 Å². The average molecular weight is 344 g/mol. The maximum Gasteiger partial charge on any atom is 0.222 e. The van der Waals surface area contributed by atoms with Crippen molar-refractivity contribution in [3.8, 4) is 0 Å². The molecule has 1 atom stereocenters. The van der Waals surface area contributed by atoms with E-state index in [0.29, 0.717) is 19.4 Å². The molecular formula is C19H28N4O2. The normalized spacial score (nSPS) is 24.0. The van der Waals surface area contributed by atoms with Gasteiger partial charge in [-0.05, 0) is 32.6 Å². The van der Waals surface area contributed by atoms with Crippen LogP contribution in [-0.4, -0.2) is 51.2 Å². The summed E-state index contributed by atoms with van der Waals surface area (Å²) in [6.45, 7) is 6.82. The minimum Gasteiger partial charge on any atom is -0.342 e. The van der Waals surface area contributed by atoms with Crippen LogP contribution in [0.4, 0.5) is 0 Å². The zero-order chi connectivity index (χ0) is 17.9. The molecular weight excluding hydrogens is 316 g/mol. The number of carbonyl (C=O) groups excluding carboxylic acids is 2. The van der Waals surface area contributed by atoms with Crippen LogP contribution in [0.1, 0.15) is 56.8 Å². The topological polar surface area (TPSA) is 66.4 Å². The summed E-state index contributed by atoms with van der Waals surface area (Å²) < 4.78 is 0. The third-order valence-corrected chi connectivity index (χ3v) is 5.41. The molecule has 0 aromatic carbocycles. The van der Waals surface area contributed by atoms with Crippen molar-refractivity contribution in [1.29, 1.82) is 0 Å². The third kappa shape index (κ3) is 4.17. The average Bonchev–Trinajstić information content (AvgIpc) is 2.61. The van der Waals surface area contributed by atoms with Crippen LogP contribution in [-0.2, 0) is 16.1 Å². The predicted octanol–water partition coefficient (Wildman–Crippen LogP) is 2.32. The van der Waals surface area contributed by atoms with Crippen molar-refractivity contribution < 1.29 is 9.59 Å². The van der Waals surface area contributed by atoms with Crippen LogP contribution in [0.15, 0.2) is 12.4 Å². The molecule has 0 saturated carbocycles. The van der Waals surface area contributed by atoms with Crippen LogP contribution in [0.25, 0.3) is 0 Å². The van der Waals surface area contributed by atoms with E-state index < -0.39 is 0 Å². The van der Waals surface area contributed by atoms with Gasteiger partial charge in [-0.25, -0.2) is 0 Å². The Morgan fingerprint density at radius 2 is 2.08 bits per heavy atom. The minimum absolute atomic E-state index is 0.0493. The first kappa shape index (κ1) is 17.8. The molecule has 0 N–H and O–H groups in total. The molecule has 1 aromatic heterocycles. The number of nitrogens with zero attached hydrogens (tertiary/aromatic N) is 4. The Balaban J connectivity index is 1.69. The molecule has 136 valence electrons. The van der Waals surface area contributed by atoms with Crippen molar-refractivity contribution in [1.82, 2.24) is 19.8 Å². The standard InChI is InChI=1S/C19H28N4O2/c1-3-5-17(24)22-9-4-7-19(13-22)8-6-18(25)23(14-19)12-16-11-20-15(2)10-21-16/h10-11H,3-9,12-14H2,1-2H3/t19-/m1/s1. The molecule has 2 fully saturated rings. The van der Waals surface area contributed by atoms with Crippen molar-refractivity contribution in [2.24, 2.45) is 5.41 Å². The first-order valence-corrected chi connectivity index (χ1v) is 9.34. The fourth-order valence-electron chi connectivity index (χ4n) is 4.07. The van der Waals surface area contributed by atoms with E-state index in [0.717, 1.165) is 56.7 Å². The maximum absolute atomic E-state index is 12.4. The van der Waals surface area contributed by atoms with Crippen molar-refractivity contribution in [2.75, 3.05) is 19.6 Å². The number of aromatic nitrogens is 2. The molecule has 1 spiro atoms. The number of hydrogen-bond acceptors (Lipinski definition) is 4. The summed E-state index contributed by atoms with van der Waals surface area (Å²) in [6, 6.07) is 0. The smallest absolute Gasteiger partial charge is 0.222 e. The highest BCUT2D eigenvalue weighted by atomic mass is 16.2. The molecule has 25 heavy (non-hydrogen) atoms. The van der Waals surface area contributed by atoms with Gasteiger partial charge in [-0.2, -0.15) is 0 Å². The van der Waals surface area contributed by atoms with E-state index in [-0.39, 0.29) is 17.2 Å². The summed E-state index contributed by atoms with van der Waals surface area (Å²) in [4.78, 5) is 37.3. The summed E-state index contributed by atoms with van der Waals surface area (Å²) in [7, 11) is 0. The van der Waals surface area contributed by atoms with Crippen LogP contribution in [0.2, 0.25) is 0 Å². The van der Waals surface area contributed by atoms with E-state index in [1.165, 1.54) is 0 Å². The lowest BCUT2D eigenvalue weighted by Crippen LogP contribution is -2.54. The summed E-state index contributed by atoms with van der Waals surface area (Å²) in [5.74, 6) is 0.444. The number of hydrogen-bond donors (Lipinski definition) is 0. The van der Waals surface area contributed by atoms with Crippen LogP contribution >= 0.6 is 0 Å². The molecule has 0 unspecified atom stereocenters. The fourth-order valence-corrected chi connectivity index (χ4v) is 4.07. The van der Waals surface area contributed by atoms with E-state index in [1.807, 2.05) is 23.6 Å². The quantitative estimate of drug-likeness (QED) is 0.841. The molecule has 2 amide bonds. The second kappa shape index (κ2) is 7.50. The van der Waals surface area contributed by atoms with E-state index in [2.05, 4.69) is 9.97 Å². The first-order valence-electron chi connectivity index (χ1n) is 9.34. The summed E-state index contributed by atoms with van der Waals surface area (Å²) >= 11 is 0. The highest BCUT2D eigenvalue weighted by Gasteiger charge is 2.42. The van der Waals surface area contributed by atoms with Crippen LogP contribution in [0, 0.1) is 12.3 Å². The lowest BCUT2D eigenvalue weighted by Gasteiger charge is -2.48. The monoisotopic (exact) mass is 344 g/mol. The Bertz CT molecular complexity index is 631. The van der Waals surface area contributed by atoms with Crippen LogP contribution in [0.3, 0.4) is 0 Å². The number of carbonyl (C=O) groups is 2. The number of amides is 2. The molecule has 2 aliphatic heterocycles. The Morgan fingerprint density at radius 1 is 1.24 bits per heavy atom. The number of aryl methyl sites for hydroxylation is 1. The van der Waals surface area contributed by atoms with Gasteiger partial charge in [0.1, 0.15) is 0 Å². The van der Waals surface area contributed by atoms with Gasteiger partial charge in [-0.3, -0.25) is 19.6 Å². The SMILES string of the molecule is CCCC(=O)N1CCC[C@@]2(CCC(=O)N(Cc3cnc(C)cn3)C2)C1. The lowest BCUT2D eigenvalue weighted by atomic mass is 9.73. The summed E-state index contributed by atoms with van der Waals surface area (Å²) in [6.07, 6.45) is 8.57. The Hall–Kier alpha value is -1.98. The van der Waals surface area contributed by atoms with Gasteiger partial charge < -0.3 is 9.80 Å². The molecule has 6 nitrogen and oxygen atoms in total. The predicted molar refractivity (Wildman–Crippen MR) is 94.6 cm³/mol. The number of likely N-dealkylation sites (tertiary alicyclic amines) is 2. The molecule has 3 rings (SSSR count). The summed E-state index contributed by atoms with van der Waals surface area (Å²) in [5, 5.41) is 0. The van der Waals surface area contributed by atoms with E-state index >= 15 is 0 Å². The van der Waals surface area contributed by atoms with Crippen molar-refractivity contribution in [2.45, 2.75) is 58.9 Å². The molecule has 2 saturated heterocycles. The minimum atomic E-state index is 0.0493. The van der Waals surface area contributed by atoms with Crippen molar-refractivity contribution >= 4 is 11.8 Å². The zero-order valence-electron chi connectivity index (χ0n) is 15.3. The van der Waals surface area contributed by atoms with Crippen LogP contribution in [0.5, 0.6) is 0 Å². The second-order valence-corrected chi connectivity index (χ2v) is 7.57. The molecule has 3 heterocycles. The third-order valence-electron chi connectivity index (χ3n) is 5.41. The van der Waals surface area contributed by atoms with E-state index in [9.17, 15) is 9.59 Å². The maximum atomic E-state index is 12.4. The van der Waals surface area contributed by atoms with Crippen molar-refractivity contribution in [3.63, 3.8) is 0 Å². The van der Waals surface area contributed by atoms with Gasteiger partial charge in [-0.1, -0.05) is 6.92 Å². The molecule has 0 radical (unpaired) electrons. The Labute approximate surface area is 149 Å². The Kier molecular flexibility index (Phi) is 5.35. The van der Waals surface area contributed by atoms with Gasteiger partial charge in [0.25, 0.3) is 0 Å². The highest BCUT2D eigenvalue weighted by Crippen LogP contribution is 2.39. The number of rotatable bonds is 4. The largest absolute Gasteiger partial charge is 0.342 e. The number of piperidine rings is 2. The summed E-state index contributed by atoms with van der Waals surface area (Å²) in [5.41, 5.74) is 1.75. The highest BCUT2D eigenvalue weighted by molar-refractivity contribution is 5.78. The van der Waals surface area contributed by atoms with E-state index in [1.54, 1.807) is 12.4 Å². The van der Waals surface area contributed by atoms with Crippen LogP contribution < -0.4 is 0 Å². The molecule has 0 bridgehead atoms. The molecule has 1 aromatic rings. The van der Waals surface area contributed by atoms with Gasteiger partial charge in [0, 0.05) is 44.1 Å². The van der Waals surface area contributed by atoms with Gasteiger partial charge in [-0.15, -0.1) is 0 Å². The van der Waals surface area contributed by atoms with E-state index in [4.69, 9.17) is 0 Å². The second-order valence-electron chi connectivity index (χ2n) is 7.57. The first-order chi connectivity index (χ1) is 12.0. The van der Waals surface area contributed by atoms with Gasteiger partial charge in [0.2, 0.25) is 11.8 Å². The van der Waals surface area contributed by atoms with Gasteiger partial charge in [0.15, 0.2) is 0 Å².